The smallest absolute Gasteiger partial charge is 0.445 e. The molecule has 2 rings (SSSR count). The summed E-state index contributed by atoms with van der Waals surface area (Å²) >= 11 is 0. The Balaban J connectivity index is 2.37. The molecule has 0 aliphatic carbocycles. The van der Waals surface area contributed by atoms with Gasteiger partial charge in [0.05, 0.1) is 5.69 Å². The minimum absolute atomic E-state index is 0.615. The maximum atomic E-state index is 12.3. The number of halogens is 3. The average Bonchev–Trinajstić information content (AvgIpc) is 2.67. The summed E-state index contributed by atoms with van der Waals surface area (Å²) in [5.41, 5.74) is -0.0670. The summed E-state index contributed by atoms with van der Waals surface area (Å²) in [6, 6.07) is 8.67. The monoisotopic (exact) mass is 211 g/mol. The molecular weight excluding hydrogens is 204 g/mol. The number of rotatable bonds is 2. The molecule has 1 aromatic heterocycles. The van der Waals surface area contributed by atoms with Crippen LogP contribution in [0.2, 0.25) is 0 Å². The van der Waals surface area contributed by atoms with Gasteiger partial charge in [0.1, 0.15) is 0 Å². The van der Waals surface area contributed by atoms with Gasteiger partial charge >= 0.3 is 6.98 Å². The SMILES string of the molecule is F[B-](F)(F)c1cnn(-c2ccccc2)c1. The Morgan fingerprint density at radius 1 is 1.07 bits per heavy atom. The summed E-state index contributed by atoms with van der Waals surface area (Å²) in [5.74, 6) is 0. The van der Waals surface area contributed by atoms with E-state index in [4.69, 9.17) is 0 Å². The van der Waals surface area contributed by atoms with Crippen LogP contribution >= 0.6 is 0 Å². The van der Waals surface area contributed by atoms with Crippen molar-refractivity contribution in [2.24, 2.45) is 0 Å². The van der Waals surface area contributed by atoms with Crippen molar-refractivity contribution in [1.29, 1.82) is 0 Å². The van der Waals surface area contributed by atoms with Crippen molar-refractivity contribution in [3.8, 4) is 5.69 Å². The van der Waals surface area contributed by atoms with Crippen LogP contribution < -0.4 is 5.46 Å². The van der Waals surface area contributed by atoms with Crippen LogP contribution in [-0.2, 0) is 0 Å². The fourth-order valence-electron chi connectivity index (χ4n) is 1.23. The van der Waals surface area contributed by atoms with Gasteiger partial charge in [0.25, 0.3) is 0 Å². The average molecular weight is 211 g/mol. The van der Waals surface area contributed by atoms with E-state index >= 15 is 0 Å². The van der Waals surface area contributed by atoms with E-state index < -0.39 is 12.4 Å². The Morgan fingerprint density at radius 3 is 2.27 bits per heavy atom. The summed E-state index contributed by atoms with van der Waals surface area (Å²) in [6.45, 7) is -4.97. The molecule has 0 saturated carbocycles. The fourth-order valence-corrected chi connectivity index (χ4v) is 1.23. The number of hydrogen-bond donors (Lipinski definition) is 0. The highest BCUT2D eigenvalue weighted by molar-refractivity contribution is 6.73. The molecule has 0 atom stereocenters. The van der Waals surface area contributed by atoms with Crippen LogP contribution in [0.1, 0.15) is 0 Å². The van der Waals surface area contributed by atoms with Crippen molar-refractivity contribution in [2.45, 2.75) is 0 Å². The van der Waals surface area contributed by atoms with E-state index in [9.17, 15) is 12.9 Å². The molecule has 0 spiro atoms. The Hall–Kier alpha value is -1.72. The minimum atomic E-state index is -4.97. The van der Waals surface area contributed by atoms with Crippen molar-refractivity contribution >= 4 is 12.4 Å². The van der Waals surface area contributed by atoms with E-state index in [0.29, 0.717) is 5.69 Å². The molecule has 1 heterocycles. The zero-order valence-electron chi connectivity index (χ0n) is 7.65. The maximum absolute atomic E-state index is 12.3. The van der Waals surface area contributed by atoms with Crippen molar-refractivity contribution in [3.05, 3.63) is 42.7 Å². The normalized spacial score (nSPS) is 11.7. The van der Waals surface area contributed by atoms with E-state index in [-0.39, 0.29) is 0 Å². The van der Waals surface area contributed by atoms with Crippen LogP contribution in [0.15, 0.2) is 42.7 Å². The van der Waals surface area contributed by atoms with E-state index in [1.807, 2.05) is 0 Å². The first kappa shape index (κ1) is 9.83. The number of benzene rings is 1. The lowest BCUT2D eigenvalue weighted by Crippen LogP contribution is -2.32. The minimum Gasteiger partial charge on any atom is -0.445 e. The molecule has 0 fully saturated rings. The third-order valence-electron chi connectivity index (χ3n) is 2.00. The van der Waals surface area contributed by atoms with Gasteiger partial charge in [0.15, 0.2) is 0 Å². The number of para-hydroxylation sites is 1. The van der Waals surface area contributed by atoms with Crippen LogP contribution in [-0.4, -0.2) is 16.8 Å². The van der Waals surface area contributed by atoms with Crippen molar-refractivity contribution in [2.75, 3.05) is 0 Å². The Bertz CT molecular complexity index is 450. The van der Waals surface area contributed by atoms with Gasteiger partial charge in [-0.2, -0.15) is 5.10 Å². The summed E-state index contributed by atoms with van der Waals surface area (Å²) in [5, 5.41) is 3.67. The predicted octanol–water partition coefficient (Wildman–Crippen LogP) is 1.93. The first-order valence-electron chi connectivity index (χ1n) is 4.37. The number of aromatic nitrogens is 2. The molecule has 0 radical (unpaired) electrons. The van der Waals surface area contributed by atoms with Gasteiger partial charge in [-0.05, 0) is 12.1 Å². The van der Waals surface area contributed by atoms with Gasteiger partial charge in [-0.3, -0.25) is 0 Å². The summed E-state index contributed by atoms with van der Waals surface area (Å²) in [7, 11) is 0. The molecule has 0 unspecified atom stereocenters. The zero-order valence-corrected chi connectivity index (χ0v) is 7.65. The third kappa shape index (κ3) is 2.03. The van der Waals surface area contributed by atoms with Gasteiger partial charge in [0, 0.05) is 12.4 Å². The molecule has 0 aliphatic heterocycles. The standard InChI is InChI=1S/C9H7BF3N2/c11-10(12,13)8-6-14-15(7-8)9-4-2-1-3-5-9/h1-7H/q-1. The van der Waals surface area contributed by atoms with Crippen LogP contribution in [0.3, 0.4) is 0 Å². The fraction of sp³-hybridized carbons (Fsp3) is 0. The lowest BCUT2D eigenvalue weighted by molar-refractivity contribution is 0.501. The highest BCUT2D eigenvalue weighted by Crippen LogP contribution is 2.10. The van der Waals surface area contributed by atoms with E-state index in [1.165, 1.54) is 4.68 Å². The first-order valence-corrected chi connectivity index (χ1v) is 4.37. The topological polar surface area (TPSA) is 17.8 Å². The van der Waals surface area contributed by atoms with E-state index in [2.05, 4.69) is 5.10 Å². The highest BCUT2D eigenvalue weighted by atomic mass is 19.4. The van der Waals surface area contributed by atoms with E-state index in [0.717, 1.165) is 12.4 Å². The molecule has 2 nitrogen and oxygen atoms in total. The highest BCUT2D eigenvalue weighted by Gasteiger charge is 2.27. The Kier molecular flexibility index (Phi) is 2.26. The molecule has 78 valence electrons. The van der Waals surface area contributed by atoms with Crippen molar-refractivity contribution in [1.82, 2.24) is 9.78 Å². The molecule has 0 amide bonds. The number of nitrogens with zero attached hydrogens (tertiary/aromatic N) is 2. The molecule has 0 saturated heterocycles. The summed E-state index contributed by atoms with van der Waals surface area (Å²) in [6.07, 6.45) is 1.84. The molecule has 15 heavy (non-hydrogen) atoms. The lowest BCUT2D eigenvalue weighted by Gasteiger charge is -2.09. The van der Waals surface area contributed by atoms with Crippen LogP contribution in [0.25, 0.3) is 5.69 Å². The lowest BCUT2D eigenvalue weighted by atomic mass is 9.83. The quantitative estimate of drug-likeness (QED) is 0.694. The van der Waals surface area contributed by atoms with E-state index in [1.54, 1.807) is 30.3 Å². The molecular formula is C9H7BF3N2-. The van der Waals surface area contributed by atoms with Gasteiger partial charge in [0.2, 0.25) is 0 Å². The molecule has 2 aromatic rings. The second-order valence-corrected chi connectivity index (χ2v) is 3.13. The van der Waals surface area contributed by atoms with Crippen molar-refractivity contribution < 1.29 is 12.9 Å². The number of hydrogen-bond acceptors (Lipinski definition) is 1. The third-order valence-corrected chi connectivity index (χ3v) is 2.00. The Morgan fingerprint density at radius 2 is 1.73 bits per heavy atom. The van der Waals surface area contributed by atoms with Crippen LogP contribution in [0.5, 0.6) is 0 Å². The second kappa shape index (κ2) is 3.45. The molecule has 6 heteroatoms. The van der Waals surface area contributed by atoms with Gasteiger partial charge in [-0.25, -0.2) is 4.68 Å². The molecule has 1 aromatic carbocycles. The van der Waals surface area contributed by atoms with Crippen molar-refractivity contribution in [3.63, 3.8) is 0 Å². The molecule has 0 N–H and O–H groups in total. The Labute approximate surface area is 84.4 Å². The molecule has 0 aliphatic rings. The predicted molar refractivity (Wildman–Crippen MR) is 52.3 cm³/mol. The van der Waals surface area contributed by atoms with Gasteiger partial charge in [-0.15, -0.1) is 0 Å². The van der Waals surface area contributed by atoms with Gasteiger partial charge in [-0.1, -0.05) is 23.7 Å². The molecule has 0 bridgehead atoms. The summed E-state index contributed by atoms with van der Waals surface area (Å²) in [4.78, 5) is 0. The first-order chi connectivity index (χ1) is 7.07. The maximum Gasteiger partial charge on any atom is 0.512 e. The van der Waals surface area contributed by atoms with Crippen LogP contribution in [0, 0.1) is 0 Å². The van der Waals surface area contributed by atoms with Gasteiger partial charge < -0.3 is 12.9 Å². The largest absolute Gasteiger partial charge is 0.512 e. The zero-order chi connectivity index (χ0) is 10.9. The summed E-state index contributed by atoms with van der Waals surface area (Å²) < 4.78 is 38.2. The second-order valence-electron chi connectivity index (χ2n) is 3.13. The van der Waals surface area contributed by atoms with Crippen LogP contribution in [0.4, 0.5) is 12.9 Å².